The van der Waals surface area contributed by atoms with Crippen LogP contribution in [-0.4, -0.2) is 9.91 Å². The Morgan fingerprint density at radius 2 is 2.42 bits per heavy atom. The van der Waals surface area contributed by atoms with Gasteiger partial charge in [-0.25, -0.2) is 9.37 Å². The van der Waals surface area contributed by atoms with E-state index in [4.69, 9.17) is 0 Å². The molecular formula is C6H4BrFN2O2. The van der Waals surface area contributed by atoms with Crippen LogP contribution in [0, 0.1) is 10.1 Å². The van der Waals surface area contributed by atoms with Gasteiger partial charge in [0.05, 0.1) is 10.5 Å². The predicted molar refractivity (Wildman–Crippen MR) is 43.4 cm³/mol. The summed E-state index contributed by atoms with van der Waals surface area (Å²) in [5.74, 6) is 0. The first-order valence-corrected chi connectivity index (χ1v) is 3.80. The van der Waals surface area contributed by atoms with Crippen molar-refractivity contribution in [1.29, 1.82) is 0 Å². The molecule has 64 valence electrons. The molecule has 1 aromatic heterocycles. The second kappa shape index (κ2) is 3.57. The Morgan fingerprint density at radius 1 is 1.75 bits per heavy atom. The standard InChI is InChI=1S/C6H4BrFN2O2/c7-6-5(10(11)12)4(3-8)1-2-9-6/h1-2H,3H2. The molecule has 6 heteroatoms. The number of nitrogens with zero attached hydrogens (tertiary/aromatic N) is 2. The van der Waals surface area contributed by atoms with Crippen LogP contribution in [0.5, 0.6) is 0 Å². The Bertz CT molecular complexity index is 318. The summed E-state index contributed by atoms with van der Waals surface area (Å²) in [6, 6.07) is 1.28. The minimum atomic E-state index is -0.864. The first-order valence-electron chi connectivity index (χ1n) is 3.00. The quantitative estimate of drug-likeness (QED) is 0.448. The largest absolute Gasteiger partial charge is 0.307 e. The van der Waals surface area contributed by atoms with E-state index in [-0.39, 0.29) is 15.9 Å². The summed E-state index contributed by atoms with van der Waals surface area (Å²) in [6.07, 6.45) is 1.31. The minimum Gasteiger partial charge on any atom is -0.258 e. The molecule has 1 rings (SSSR count). The number of nitro groups is 1. The molecule has 12 heavy (non-hydrogen) atoms. The van der Waals surface area contributed by atoms with Crippen LogP contribution in [0.25, 0.3) is 0 Å². The van der Waals surface area contributed by atoms with Crippen LogP contribution in [0.3, 0.4) is 0 Å². The SMILES string of the molecule is O=[N+]([O-])c1c(CF)ccnc1Br. The lowest BCUT2D eigenvalue weighted by molar-refractivity contribution is -0.386. The lowest BCUT2D eigenvalue weighted by Crippen LogP contribution is -1.96. The van der Waals surface area contributed by atoms with Gasteiger partial charge in [-0.1, -0.05) is 0 Å². The van der Waals surface area contributed by atoms with E-state index in [9.17, 15) is 14.5 Å². The highest BCUT2D eigenvalue weighted by Crippen LogP contribution is 2.26. The van der Waals surface area contributed by atoms with Gasteiger partial charge in [0.15, 0.2) is 4.60 Å². The van der Waals surface area contributed by atoms with Crippen LogP contribution in [0.1, 0.15) is 5.56 Å². The summed E-state index contributed by atoms with van der Waals surface area (Å²) < 4.78 is 12.2. The molecule has 0 aliphatic carbocycles. The van der Waals surface area contributed by atoms with Crippen molar-refractivity contribution in [3.8, 4) is 0 Å². The fourth-order valence-electron chi connectivity index (χ4n) is 0.766. The zero-order chi connectivity index (χ0) is 9.14. The van der Waals surface area contributed by atoms with Gasteiger partial charge >= 0.3 is 5.69 Å². The molecule has 0 atom stereocenters. The summed E-state index contributed by atoms with van der Waals surface area (Å²) in [4.78, 5) is 13.3. The Labute approximate surface area is 75.7 Å². The summed E-state index contributed by atoms with van der Waals surface area (Å²) >= 11 is 2.87. The molecule has 0 saturated heterocycles. The van der Waals surface area contributed by atoms with E-state index < -0.39 is 11.6 Å². The highest BCUT2D eigenvalue weighted by atomic mass is 79.9. The molecule has 0 aromatic carbocycles. The van der Waals surface area contributed by atoms with Crippen LogP contribution in [0.15, 0.2) is 16.9 Å². The molecule has 4 nitrogen and oxygen atoms in total. The number of rotatable bonds is 2. The van der Waals surface area contributed by atoms with Crippen molar-refractivity contribution >= 4 is 21.6 Å². The lowest BCUT2D eigenvalue weighted by atomic mass is 10.2. The average molecular weight is 235 g/mol. The van der Waals surface area contributed by atoms with Gasteiger partial charge in [-0.2, -0.15) is 0 Å². The summed E-state index contributed by atoms with van der Waals surface area (Å²) in [5, 5.41) is 10.4. The Hall–Kier alpha value is -1.04. The average Bonchev–Trinajstić information content (AvgIpc) is 2.03. The van der Waals surface area contributed by atoms with Crippen LogP contribution < -0.4 is 0 Å². The molecule has 0 spiro atoms. The number of alkyl halides is 1. The maximum Gasteiger partial charge on any atom is 0.307 e. The van der Waals surface area contributed by atoms with E-state index in [2.05, 4.69) is 20.9 Å². The second-order valence-electron chi connectivity index (χ2n) is 2.00. The molecule has 1 aromatic rings. The molecule has 0 unspecified atom stereocenters. The Balaban J connectivity index is 3.29. The van der Waals surface area contributed by atoms with Crippen molar-refractivity contribution in [1.82, 2.24) is 4.98 Å². The maximum atomic E-state index is 12.2. The van der Waals surface area contributed by atoms with E-state index in [1.807, 2.05) is 0 Å². The number of halogens is 2. The summed E-state index contributed by atoms with van der Waals surface area (Å²) in [5.41, 5.74) is -0.276. The molecule has 0 saturated carbocycles. The Kier molecular flexibility index (Phi) is 2.69. The highest BCUT2D eigenvalue weighted by molar-refractivity contribution is 9.10. The van der Waals surface area contributed by atoms with Crippen LogP contribution >= 0.6 is 15.9 Å². The van der Waals surface area contributed by atoms with Gasteiger partial charge < -0.3 is 0 Å². The van der Waals surface area contributed by atoms with Crippen molar-refractivity contribution in [3.63, 3.8) is 0 Å². The van der Waals surface area contributed by atoms with Crippen molar-refractivity contribution in [2.75, 3.05) is 0 Å². The topological polar surface area (TPSA) is 56.0 Å². The van der Waals surface area contributed by atoms with E-state index in [1.165, 1.54) is 12.3 Å². The molecule has 0 aliphatic rings. The zero-order valence-electron chi connectivity index (χ0n) is 5.83. The van der Waals surface area contributed by atoms with Gasteiger partial charge in [-0.15, -0.1) is 0 Å². The number of hydrogen-bond acceptors (Lipinski definition) is 3. The highest BCUT2D eigenvalue weighted by Gasteiger charge is 2.18. The van der Waals surface area contributed by atoms with Crippen molar-refractivity contribution in [3.05, 3.63) is 32.5 Å². The Morgan fingerprint density at radius 3 is 2.83 bits per heavy atom. The van der Waals surface area contributed by atoms with E-state index in [0.717, 1.165) is 0 Å². The van der Waals surface area contributed by atoms with Gasteiger partial charge in [0.25, 0.3) is 0 Å². The molecule has 0 amide bonds. The van der Waals surface area contributed by atoms with E-state index in [0.29, 0.717) is 0 Å². The maximum absolute atomic E-state index is 12.2. The predicted octanol–water partition coefficient (Wildman–Crippen LogP) is 2.22. The second-order valence-corrected chi connectivity index (χ2v) is 2.75. The molecule has 0 bridgehead atoms. The third-order valence-electron chi connectivity index (χ3n) is 1.29. The summed E-state index contributed by atoms with van der Waals surface area (Å²) in [7, 11) is 0. The van der Waals surface area contributed by atoms with Gasteiger partial charge in [0, 0.05) is 6.20 Å². The van der Waals surface area contributed by atoms with Gasteiger partial charge in [-0.05, 0) is 22.0 Å². The molecule has 0 N–H and O–H groups in total. The van der Waals surface area contributed by atoms with Crippen LogP contribution in [-0.2, 0) is 6.67 Å². The van der Waals surface area contributed by atoms with Gasteiger partial charge in [-0.3, -0.25) is 10.1 Å². The number of hydrogen-bond donors (Lipinski definition) is 0. The third-order valence-corrected chi connectivity index (χ3v) is 1.87. The molecule has 0 aliphatic heterocycles. The van der Waals surface area contributed by atoms with Gasteiger partial charge in [0.2, 0.25) is 0 Å². The fourth-order valence-corrected chi connectivity index (χ4v) is 1.28. The van der Waals surface area contributed by atoms with Crippen molar-refractivity contribution in [2.45, 2.75) is 6.67 Å². The zero-order valence-corrected chi connectivity index (χ0v) is 7.41. The van der Waals surface area contributed by atoms with Crippen LogP contribution in [0.4, 0.5) is 10.1 Å². The van der Waals surface area contributed by atoms with Crippen molar-refractivity contribution < 1.29 is 9.31 Å². The van der Waals surface area contributed by atoms with Gasteiger partial charge in [0.1, 0.15) is 6.67 Å². The monoisotopic (exact) mass is 234 g/mol. The smallest absolute Gasteiger partial charge is 0.258 e. The minimum absolute atomic E-state index is 0.0295. The number of pyridine rings is 1. The van der Waals surface area contributed by atoms with Crippen LogP contribution in [0.2, 0.25) is 0 Å². The van der Waals surface area contributed by atoms with E-state index >= 15 is 0 Å². The fraction of sp³-hybridized carbons (Fsp3) is 0.167. The lowest BCUT2D eigenvalue weighted by Gasteiger charge is -1.97. The summed E-state index contributed by atoms with van der Waals surface area (Å²) in [6.45, 7) is -0.864. The first-order chi connectivity index (χ1) is 5.66. The number of aromatic nitrogens is 1. The normalized spacial score (nSPS) is 9.83. The molecular weight excluding hydrogens is 231 g/mol. The van der Waals surface area contributed by atoms with Crippen molar-refractivity contribution in [2.24, 2.45) is 0 Å². The molecule has 1 heterocycles. The first kappa shape index (κ1) is 9.05. The third kappa shape index (κ3) is 1.58. The van der Waals surface area contributed by atoms with E-state index in [1.54, 1.807) is 0 Å². The molecule has 0 fully saturated rings. The molecule has 0 radical (unpaired) electrons.